The number of carbonyl (C=O) groups excluding carboxylic acids is 1. The van der Waals surface area contributed by atoms with Crippen molar-refractivity contribution in [2.24, 2.45) is 0 Å². The number of ether oxygens (including phenoxy) is 1. The van der Waals surface area contributed by atoms with E-state index in [1.165, 1.54) is 23.1 Å². The standard InChI is InChI=1S/C25H20N4O2S2/c1-31-19-12-13-22-20(14-19)26-24(33-22)28-23(30)16-32-25-27-21(17-8-4-2-5-9-17)15-29(25)18-10-6-3-7-11-18/h2-15H,16H2,1H3,(H,26,28,30). The first-order valence-electron chi connectivity index (χ1n) is 10.3. The monoisotopic (exact) mass is 472 g/mol. The van der Waals surface area contributed by atoms with Crippen molar-refractivity contribution < 1.29 is 9.53 Å². The number of hydrogen-bond acceptors (Lipinski definition) is 6. The van der Waals surface area contributed by atoms with Crippen molar-refractivity contribution in [1.82, 2.24) is 14.5 Å². The van der Waals surface area contributed by atoms with Crippen molar-refractivity contribution in [2.75, 3.05) is 18.2 Å². The molecule has 2 aromatic heterocycles. The van der Waals surface area contributed by atoms with Gasteiger partial charge in [0.1, 0.15) is 5.75 Å². The number of hydrogen-bond donors (Lipinski definition) is 1. The molecular formula is C25H20N4O2S2. The summed E-state index contributed by atoms with van der Waals surface area (Å²) in [5.74, 6) is 0.829. The van der Waals surface area contributed by atoms with Gasteiger partial charge < -0.3 is 10.1 Å². The molecule has 0 aliphatic heterocycles. The van der Waals surface area contributed by atoms with Gasteiger partial charge >= 0.3 is 0 Å². The van der Waals surface area contributed by atoms with Crippen LogP contribution in [0.4, 0.5) is 5.13 Å². The van der Waals surface area contributed by atoms with Gasteiger partial charge in [-0.3, -0.25) is 9.36 Å². The number of aromatic nitrogens is 3. The summed E-state index contributed by atoms with van der Waals surface area (Å²) < 4.78 is 8.26. The number of nitrogens with zero attached hydrogens (tertiary/aromatic N) is 3. The van der Waals surface area contributed by atoms with E-state index in [1.54, 1.807) is 7.11 Å². The van der Waals surface area contributed by atoms with E-state index >= 15 is 0 Å². The summed E-state index contributed by atoms with van der Waals surface area (Å²) in [4.78, 5) is 22.0. The molecule has 2 heterocycles. The highest BCUT2D eigenvalue weighted by Gasteiger charge is 2.15. The van der Waals surface area contributed by atoms with Gasteiger partial charge in [0.25, 0.3) is 0 Å². The second-order valence-corrected chi connectivity index (χ2v) is 9.14. The van der Waals surface area contributed by atoms with Crippen LogP contribution < -0.4 is 10.1 Å². The van der Waals surface area contributed by atoms with E-state index in [4.69, 9.17) is 9.72 Å². The van der Waals surface area contributed by atoms with Crippen LogP contribution in [0.25, 0.3) is 27.2 Å². The van der Waals surface area contributed by atoms with Crippen molar-refractivity contribution in [1.29, 1.82) is 0 Å². The normalized spacial score (nSPS) is 10.9. The van der Waals surface area contributed by atoms with Gasteiger partial charge in [-0.1, -0.05) is 71.6 Å². The average Bonchev–Trinajstić information content (AvgIpc) is 3.47. The zero-order chi connectivity index (χ0) is 22.6. The maximum absolute atomic E-state index is 12.7. The van der Waals surface area contributed by atoms with Crippen molar-refractivity contribution >= 4 is 44.4 Å². The number of para-hydroxylation sites is 1. The van der Waals surface area contributed by atoms with Crippen LogP contribution in [0, 0.1) is 0 Å². The molecule has 1 N–H and O–H groups in total. The number of nitrogens with one attached hydrogen (secondary N) is 1. The topological polar surface area (TPSA) is 69.0 Å². The molecule has 1 amide bonds. The van der Waals surface area contributed by atoms with E-state index in [2.05, 4.69) is 10.3 Å². The van der Waals surface area contributed by atoms with Gasteiger partial charge in [-0.25, -0.2) is 9.97 Å². The Hall–Kier alpha value is -3.62. The second-order valence-electron chi connectivity index (χ2n) is 7.17. The molecule has 0 spiro atoms. The third kappa shape index (κ3) is 4.76. The Morgan fingerprint density at radius 3 is 2.55 bits per heavy atom. The molecule has 0 atom stereocenters. The average molecular weight is 473 g/mol. The zero-order valence-corrected chi connectivity index (χ0v) is 19.4. The second kappa shape index (κ2) is 9.48. The van der Waals surface area contributed by atoms with Gasteiger partial charge in [-0.05, 0) is 24.3 Å². The lowest BCUT2D eigenvalue weighted by atomic mass is 10.2. The summed E-state index contributed by atoms with van der Waals surface area (Å²) in [5, 5.41) is 4.23. The third-order valence-corrected chi connectivity index (χ3v) is 6.86. The van der Waals surface area contributed by atoms with E-state index < -0.39 is 0 Å². The molecular weight excluding hydrogens is 452 g/mol. The van der Waals surface area contributed by atoms with Crippen molar-refractivity contribution in [3.8, 4) is 22.7 Å². The Balaban J connectivity index is 1.34. The predicted octanol–water partition coefficient (Wildman–Crippen LogP) is 5.89. The smallest absolute Gasteiger partial charge is 0.236 e. The first-order valence-corrected chi connectivity index (χ1v) is 12.1. The Bertz CT molecular complexity index is 1400. The number of anilines is 1. The zero-order valence-electron chi connectivity index (χ0n) is 17.8. The highest BCUT2D eigenvalue weighted by atomic mass is 32.2. The number of carbonyl (C=O) groups is 1. The van der Waals surface area contributed by atoms with E-state index in [1.807, 2.05) is 89.6 Å². The number of methoxy groups -OCH3 is 1. The lowest BCUT2D eigenvalue weighted by Gasteiger charge is -2.06. The maximum atomic E-state index is 12.7. The molecule has 0 aliphatic carbocycles. The van der Waals surface area contributed by atoms with Gasteiger partial charge in [0.2, 0.25) is 5.91 Å². The molecule has 0 saturated carbocycles. The van der Waals surface area contributed by atoms with Crippen molar-refractivity contribution in [2.45, 2.75) is 5.16 Å². The molecule has 5 aromatic rings. The highest BCUT2D eigenvalue weighted by molar-refractivity contribution is 7.99. The largest absolute Gasteiger partial charge is 0.497 e. The number of thiazole rings is 1. The predicted molar refractivity (Wildman–Crippen MR) is 135 cm³/mol. The summed E-state index contributed by atoms with van der Waals surface area (Å²) in [6.45, 7) is 0. The van der Waals surface area contributed by atoms with Crippen LogP contribution in [0.15, 0.2) is 90.2 Å². The Morgan fingerprint density at radius 2 is 1.79 bits per heavy atom. The first-order chi connectivity index (χ1) is 16.2. The highest BCUT2D eigenvalue weighted by Crippen LogP contribution is 2.30. The third-order valence-electron chi connectivity index (χ3n) is 4.95. The van der Waals surface area contributed by atoms with Crippen LogP contribution in [0.2, 0.25) is 0 Å². The number of imidazole rings is 1. The quantitative estimate of drug-likeness (QED) is 0.299. The minimum absolute atomic E-state index is 0.130. The van der Waals surface area contributed by atoms with Crippen LogP contribution in [0.1, 0.15) is 0 Å². The maximum Gasteiger partial charge on any atom is 0.236 e. The van der Waals surface area contributed by atoms with Crippen LogP contribution in [0.5, 0.6) is 5.75 Å². The van der Waals surface area contributed by atoms with Gasteiger partial charge in [0.15, 0.2) is 10.3 Å². The van der Waals surface area contributed by atoms with E-state index in [9.17, 15) is 4.79 Å². The molecule has 0 radical (unpaired) electrons. The molecule has 0 unspecified atom stereocenters. The van der Waals surface area contributed by atoms with Gasteiger partial charge in [-0.15, -0.1) is 0 Å². The lowest BCUT2D eigenvalue weighted by Crippen LogP contribution is -2.14. The summed E-state index contributed by atoms with van der Waals surface area (Å²) in [6.07, 6.45) is 2.01. The van der Waals surface area contributed by atoms with E-state index in [-0.39, 0.29) is 11.7 Å². The van der Waals surface area contributed by atoms with Crippen LogP contribution >= 0.6 is 23.1 Å². The lowest BCUT2D eigenvalue weighted by molar-refractivity contribution is -0.113. The summed E-state index contributed by atoms with van der Waals surface area (Å²) >= 11 is 2.83. The Morgan fingerprint density at radius 1 is 1.03 bits per heavy atom. The molecule has 0 saturated heterocycles. The Kier molecular flexibility index (Phi) is 6.10. The molecule has 0 fully saturated rings. The van der Waals surface area contributed by atoms with Crippen LogP contribution in [-0.4, -0.2) is 33.3 Å². The molecule has 0 bridgehead atoms. The van der Waals surface area contributed by atoms with Gasteiger partial charge in [0.05, 0.1) is 28.8 Å². The summed E-state index contributed by atoms with van der Waals surface area (Å²) in [7, 11) is 1.62. The Labute approximate surface area is 199 Å². The summed E-state index contributed by atoms with van der Waals surface area (Å²) in [6, 6.07) is 25.7. The fourth-order valence-corrected chi connectivity index (χ4v) is 5.01. The fourth-order valence-electron chi connectivity index (χ4n) is 3.36. The van der Waals surface area contributed by atoms with Crippen LogP contribution in [-0.2, 0) is 4.79 Å². The number of fused-ring (bicyclic) bond motifs is 1. The van der Waals surface area contributed by atoms with E-state index in [0.29, 0.717) is 5.13 Å². The summed E-state index contributed by atoms with van der Waals surface area (Å²) in [5.41, 5.74) is 3.69. The molecule has 8 heteroatoms. The minimum atomic E-state index is -0.130. The van der Waals surface area contributed by atoms with Crippen LogP contribution in [0.3, 0.4) is 0 Å². The number of rotatable bonds is 7. The molecule has 0 aliphatic rings. The first kappa shape index (κ1) is 21.2. The molecule has 3 aromatic carbocycles. The van der Waals surface area contributed by atoms with E-state index in [0.717, 1.165) is 38.1 Å². The van der Waals surface area contributed by atoms with Gasteiger partial charge in [-0.2, -0.15) is 0 Å². The van der Waals surface area contributed by atoms with Crippen molar-refractivity contribution in [3.63, 3.8) is 0 Å². The molecule has 6 nitrogen and oxygen atoms in total. The SMILES string of the molecule is COc1ccc2sc(NC(=O)CSc3nc(-c4ccccc4)cn3-c3ccccc3)nc2c1. The van der Waals surface area contributed by atoms with Gasteiger partial charge in [0, 0.05) is 23.5 Å². The van der Waals surface area contributed by atoms with Crippen molar-refractivity contribution in [3.05, 3.63) is 85.1 Å². The number of benzene rings is 3. The fraction of sp³-hybridized carbons (Fsp3) is 0.0800. The minimum Gasteiger partial charge on any atom is -0.497 e. The molecule has 5 rings (SSSR count). The molecule has 33 heavy (non-hydrogen) atoms. The number of amides is 1. The number of thioether (sulfide) groups is 1. The molecule has 164 valence electrons.